The molecular formula is C21H19Cl2FN2O2. The average Bonchev–Trinajstić information content (AvgIpc) is 3.47. The second kappa shape index (κ2) is 7.72. The van der Waals surface area contributed by atoms with Crippen molar-refractivity contribution in [1.82, 2.24) is 9.80 Å². The van der Waals surface area contributed by atoms with Gasteiger partial charge in [-0.15, -0.1) is 0 Å². The third-order valence-corrected chi connectivity index (χ3v) is 5.84. The van der Waals surface area contributed by atoms with Gasteiger partial charge in [-0.2, -0.15) is 0 Å². The van der Waals surface area contributed by atoms with Crippen LogP contribution in [0.3, 0.4) is 0 Å². The summed E-state index contributed by atoms with van der Waals surface area (Å²) in [4.78, 5) is 28.9. The van der Waals surface area contributed by atoms with E-state index in [-0.39, 0.29) is 29.5 Å². The lowest BCUT2D eigenvalue weighted by atomic mass is 10.1. The second-order valence-electron chi connectivity index (χ2n) is 7.25. The van der Waals surface area contributed by atoms with Crippen LogP contribution in [0.2, 0.25) is 10.0 Å². The van der Waals surface area contributed by atoms with Crippen LogP contribution in [0.25, 0.3) is 0 Å². The summed E-state index contributed by atoms with van der Waals surface area (Å²) < 4.78 is 13.9. The summed E-state index contributed by atoms with van der Waals surface area (Å²) in [6.07, 6.45) is 0.680. The number of carbonyl (C=O) groups is 2. The van der Waals surface area contributed by atoms with E-state index in [4.69, 9.17) is 23.2 Å². The highest BCUT2D eigenvalue weighted by Crippen LogP contribution is 2.49. The number of piperazine rings is 1. The number of benzene rings is 2. The van der Waals surface area contributed by atoms with Crippen molar-refractivity contribution in [2.75, 3.05) is 26.2 Å². The van der Waals surface area contributed by atoms with Crippen molar-refractivity contribution in [1.29, 1.82) is 0 Å². The molecule has 4 nitrogen and oxygen atoms in total. The van der Waals surface area contributed by atoms with Crippen molar-refractivity contribution in [3.05, 3.63) is 69.5 Å². The molecule has 2 unspecified atom stereocenters. The number of hydrogen-bond acceptors (Lipinski definition) is 2. The number of nitrogens with zero attached hydrogens (tertiary/aromatic N) is 2. The highest BCUT2D eigenvalue weighted by atomic mass is 35.5. The third kappa shape index (κ3) is 3.87. The van der Waals surface area contributed by atoms with Gasteiger partial charge in [0.25, 0.3) is 5.91 Å². The molecule has 4 rings (SSSR count). The van der Waals surface area contributed by atoms with Crippen LogP contribution in [0.4, 0.5) is 4.39 Å². The van der Waals surface area contributed by atoms with Crippen LogP contribution in [-0.4, -0.2) is 47.8 Å². The normalized spacial score (nSPS) is 21.5. The Morgan fingerprint density at radius 1 is 0.929 bits per heavy atom. The molecule has 2 amide bonds. The zero-order chi connectivity index (χ0) is 19.8. The van der Waals surface area contributed by atoms with Crippen LogP contribution in [0.1, 0.15) is 28.3 Å². The summed E-state index contributed by atoms with van der Waals surface area (Å²) >= 11 is 12.0. The molecule has 1 aliphatic carbocycles. The lowest BCUT2D eigenvalue weighted by Gasteiger charge is -2.35. The Morgan fingerprint density at radius 3 is 2.18 bits per heavy atom. The van der Waals surface area contributed by atoms with Crippen molar-refractivity contribution in [3.63, 3.8) is 0 Å². The number of carbonyl (C=O) groups excluding carboxylic acids is 2. The molecule has 0 N–H and O–H groups in total. The fourth-order valence-corrected chi connectivity index (χ4v) is 4.34. The summed E-state index contributed by atoms with van der Waals surface area (Å²) in [6.45, 7) is 1.84. The Kier molecular flexibility index (Phi) is 5.30. The van der Waals surface area contributed by atoms with Crippen LogP contribution in [0, 0.1) is 11.7 Å². The van der Waals surface area contributed by atoms with Crippen molar-refractivity contribution in [2.24, 2.45) is 5.92 Å². The van der Waals surface area contributed by atoms with E-state index in [0.29, 0.717) is 53.8 Å². The van der Waals surface area contributed by atoms with E-state index in [2.05, 4.69) is 0 Å². The molecule has 0 aromatic heterocycles. The number of amides is 2. The number of halogens is 3. The molecule has 1 aliphatic heterocycles. The summed E-state index contributed by atoms with van der Waals surface area (Å²) in [5.41, 5.74) is 1.06. The minimum Gasteiger partial charge on any atom is -0.339 e. The standard InChI is InChI=1S/C21H19Cl2FN2O2/c22-14-9-13(10-15(23)11-14)20(27)25-5-7-26(8-6-25)21(28)18-12-17(18)16-3-1-2-4-19(16)24/h1-4,9-11,17-18H,5-8,12H2. The minimum absolute atomic E-state index is 0.0398. The molecule has 2 aromatic rings. The topological polar surface area (TPSA) is 40.6 Å². The predicted molar refractivity (Wildman–Crippen MR) is 106 cm³/mol. The van der Waals surface area contributed by atoms with Gasteiger partial charge in [-0.1, -0.05) is 41.4 Å². The van der Waals surface area contributed by atoms with E-state index in [9.17, 15) is 14.0 Å². The van der Waals surface area contributed by atoms with Gasteiger partial charge < -0.3 is 9.80 Å². The Bertz CT molecular complexity index is 908. The molecule has 0 spiro atoms. The highest BCUT2D eigenvalue weighted by molar-refractivity contribution is 6.35. The number of rotatable bonds is 3. The molecule has 1 saturated carbocycles. The van der Waals surface area contributed by atoms with Crippen LogP contribution in [0.15, 0.2) is 42.5 Å². The van der Waals surface area contributed by atoms with Crippen LogP contribution in [-0.2, 0) is 4.79 Å². The molecule has 146 valence electrons. The molecule has 0 radical (unpaired) electrons. The molecule has 2 aliphatic rings. The minimum atomic E-state index is -0.251. The average molecular weight is 421 g/mol. The molecule has 7 heteroatoms. The van der Waals surface area contributed by atoms with Crippen molar-refractivity contribution < 1.29 is 14.0 Å². The highest BCUT2D eigenvalue weighted by Gasteiger charge is 2.47. The van der Waals surface area contributed by atoms with Crippen LogP contribution in [0.5, 0.6) is 0 Å². The van der Waals surface area contributed by atoms with Crippen molar-refractivity contribution in [2.45, 2.75) is 12.3 Å². The quantitative estimate of drug-likeness (QED) is 0.745. The smallest absolute Gasteiger partial charge is 0.254 e. The van der Waals surface area contributed by atoms with Gasteiger partial charge in [0.15, 0.2) is 0 Å². The SMILES string of the molecule is O=C(c1cc(Cl)cc(Cl)c1)N1CCN(C(=O)C2CC2c2ccccc2F)CC1. The first-order valence-corrected chi connectivity index (χ1v) is 9.98. The first-order chi connectivity index (χ1) is 13.4. The van der Waals surface area contributed by atoms with E-state index in [1.165, 1.54) is 6.07 Å². The van der Waals surface area contributed by atoms with Crippen molar-refractivity contribution in [3.8, 4) is 0 Å². The van der Waals surface area contributed by atoms with Crippen LogP contribution < -0.4 is 0 Å². The van der Waals surface area contributed by atoms with Gasteiger partial charge in [0.05, 0.1) is 0 Å². The van der Waals surface area contributed by atoms with Gasteiger partial charge >= 0.3 is 0 Å². The first-order valence-electron chi connectivity index (χ1n) is 9.22. The molecule has 1 heterocycles. The molecule has 28 heavy (non-hydrogen) atoms. The Balaban J connectivity index is 1.35. The van der Waals surface area contributed by atoms with E-state index < -0.39 is 0 Å². The third-order valence-electron chi connectivity index (χ3n) is 5.40. The van der Waals surface area contributed by atoms with Crippen LogP contribution >= 0.6 is 23.2 Å². The molecule has 2 atom stereocenters. The summed E-state index contributed by atoms with van der Waals surface area (Å²) in [6, 6.07) is 11.4. The van der Waals surface area contributed by atoms with Gasteiger partial charge in [0, 0.05) is 47.7 Å². The Labute approximate surface area is 172 Å². The molecule has 2 aromatic carbocycles. The first kappa shape index (κ1) is 19.2. The van der Waals surface area contributed by atoms with Gasteiger partial charge in [0.2, 0.25) is 5.91 Å². The predicted octanol–water partition coefficient (Wildman–Crippen LogP) is 4.22. The maximum absolute atomic E-state index is 13.9. The van der Waals surface area contributed by atoms with Crippen molar-refractivity contribution >= 4 is 35.0 Å². The number of hydrogen-bond donors (Lipinski definition) is 0. The lowest BCUT2D eigenvalue weighted by molar-refractivity contribution is -0.134. The van der Waals surface area contributed by atoms with E-state index in [1.54, 1.807) is 46.2 Å². The van der Waals surface area contributed by atoms with E-state index >= 15 is 0 Å². The summed E-state index contributed by atoms with van der Waals surface area (Å²) in [5, 5.41) is 0.829. The fourth-order valence-electron chi connectivity index (χ4n) is 3.81. The largest absolute Gasteiger partial charge is 0.339 e. The maximum atomic E-state index is 13.9. The zero-order valence-electron chi connectivity index (χ0n) is 15.1. The van der Waals surface area contributed by atoms with Gasteiger partial charge in [-0.05, 0) is 42.2 Å². The van der Waals surface area contributed by atoms with Gasteiger partial charge in [-0.3, -0.25) is 9.59 Å². The monoisotopic (exact) mass is 420 g/mol. The summed E-state index contributed by atoms with van der Waals surface area (Å²) in [5.74, 6) is -0.551. The maximum Gasteiger partial charge on any atom is 0.254 e. The van der Waals surface area contributed by atoms with Gasteiger partial charge in [-0.25, -0.2) is 4.39 Å². The molecular weight excluding hydrogens is 402 g/mol. The van der Waals surface area contributed by atoms with E-state index in [1.807, 2.05) is 0 Å². The second-order valence-corrected chi connectivity index (χ2v) is 8.12. The molecule has 2 fully saturated rings. The lowest BCUT2D eigenvalue weighted by Crippen LogP contribution is -2.51. The fraction of sp³-hybridized carbons (Fsp3) is 0.333. The molecule has 0 bridgehead atoms. The Morgan fingerprint density at radius 2 is 1.54 bits per heavy atom. The zero-order valence-corrected chi connectivity index (χ0v) is 16.6. The van der Waals surface area contributed by atoms with E-state index in [0.717, 1.165) is 0 Å². The Hall–Kier alpha value is -2.11. The molecule has 1 saturated heterocycles. The summed E-state index contributed by atoms with van der Waals surface area (Å²) in [7, 11) is 0. The van der Waals surface area contributed by atoms with Gasteiger partial charge in [0.1, 0.15) is 5.82 Å².